The van der Waals surface area contributed by atoms with Gasteiger partial charge in [-0.1, -0.05) is 13.0 Å². The standard InChI is InChI=1S/C15H24N2O/c1-4-17-7-6-12-8-13(10-16)15(18-5-2)9-14(12)11(17)3/h8-9,11H,4-7,10,16H2,1-3H3. The third-order valence-corrected chi connectivity index (χ3v) is 3.91. The lowest BCUT2D eigenvalue weighted by atomic mass is 9.91. The van der Waals surface area contributed by atoms with Crippen LogP contribution < -0.4 is 10.5 Å². The molecule has 0 bridgehead atoms. The van der Waals surface area contributed by atoms with Gasteiger partial charge in [-0.15, -0.1) is 0 Å². The Balaban J connectivity index is 2.40. The van der Waals surface area contributed by atoms with Crippen LogP contribution in [0.4, 0.5) is 0 Å². The van der Waals surface area contributed by atoms with E-state index in [1.807, 2.05) is 6.92 Å². The molecule has 1 aliphatic heterocycles. The number of benzene rings is 1. The predicted molar refractivity (Wildman–Crippen MR) is 74.9 cm³/mol. The summed E-state index contributed by atoms with van der Waals surface area (Å²) in [4.78, 5) is 2.50. The maximum Gasteiger partial charge on any atom is 0.124 e. The number of hydrogen-bond acceptors (Lipinski definition) is 3. The Bertz CT molecular complexity index is 417. The number of likely N-dealkylation sites (N-methyl/N-ethyl adjacent to an activating group) is 1. The molecule has 1 aliphatic rings. The van der Waals surface area contributed by atoms with Crippen LogP contribution in [0.25, 0.3) is 0 Å². The lowest BCUT2D eigenvalue weighted by Gasteiger charge is -2.35. The minimum absolute atomic E-state index is 0.477. The molecule has 3 nitrogen and oxygen atoms in total. The Hall–Kier alpha value is -1.06. The van der Waals surface area contributed by atoms with E-state index in [0.717, 1.165) is 30.8 Å². The van der Waals surface area contributed by atoms with Crippen LogP contribution in [0, 0.1) is 0 Å². The van der Waals surface area contributed by atoms with Crippen LogP contribution in [0.1, 0.15) is 43.5 Å². The second-order valence-corrected chi connectivity index (χ2v) is 4.85. The maximum atomic E-state index is 5.81. The van der Waals surface area contributed by atoms with Crippen molar-refractivity contribution in [3.05, 3.63) is 28.8 Å². The fraction of sp³-hybridized carbons (Fsp3) is 0.600. The minimum Gasteiger partial charge on any atom is -0.494 e. The van der Waals surface area contributed by atoms with Gasteiger partial charge in [0.15, 0.2) is 0 Å². The summed E-state index contributed by atoms with van der Waals surface area (Å²) in [6.45, 7) is 10.00. The van der Waals surface area contributed by atoms with Crippen LogP contribution in [0.15, 0.2) is 12.1 Å². The number of nitrogens with two attached hydrogens (primary N) is 1. The van der Waals surface area contributed by atoms with Crippen LogP contribution in [-0.2, 0) is 13.0 Å². The maximum absolute atomic E-state index is 5.81. The molecule has 0 saturated carbocycles. The summed E-state index contributed by atoms with van der Waals surface area (Å²) in [7, 11) is 0. The molecular weight excluding hydrogens is 224 g/mol. The molecule has 3 heteroatoms. The normalized spacial score (nSPS) is 19.7. The van der Waals surface area contributed by atoms with Crippen LogP contribution in [0.3, 0.4) is 0 Å². The van der Waals surface area contributed by atoms with Crippen LogP contribution in [0.2, 0.25) is 0 Å². The first-order valence-electron chi connectivity index (χ1n) is 6.93. The van der Waals surface area contributed by atoms with Crippen molar-refractivity contribution < 1.29 is 4.74 Å². The Labute approximate surface area is 110 Å². The van der Waals surface area contributed by atoms with E-state index >= 15 is 0 Å². The van der Waals surface area contributed by atoms with Gasteiger partial charge in [0.2, 0.25) is 0 Å². The van der Waals surface area contributed by atoms with Gasteiger partial charge in [0.25, 0.3) is 0 Å². The van der Waals surface area contributed by atoms with Crippen molar-refractivity contribution in [2.24, 2.45) is 5.73 Å². The average Bonchev–Trinajstić information content (AvgIpc) is 2.39. The molecule has 0 aromatic heterocycles. The van der Waals surface area contributed by atoms with E-state index in [-0.39, 0.29) is 0 Å². The predicted octanol–water partition coefficient (Wildman–Crippen LogP) is 2.48. The van der Waals surface area contributed by atoms with Crippen LogP contribution in [-0.4, -0.2) is 24.6 Å². The molecule has 2 rings (SSSR count). The highest BCUT2D eigenvalue weighted by molar-refractivity contribution is 5.45. The molecule has 0 fully saturated rings. The summed E-state index contributed by atoms with van der Waals surface area (Å²) in [5, 5.41) is 0. The number of nitrogens with zero attached hydrogens (tertiary/aromatic N) is 1. The van der Waals surface area contributed by atoms with Crippen molar-refractivity contribution >= 4 is 0 Å². The second kappa shape index (κ2) is 5.72. The molecule has 1 unspecified atom stereocenters. The zero-order valence-electron chi connectivity index (χ0n) is 11.7. The van der Waals surface area contributed by atoms with E-state index in [1.54, 1.807) is 0 Å². The molecule has 2 N–H and O–H groups in total. The van der Waals surface area contributed by atoms with E-state index in [2.05, 4.69) is 30.9 Å². The molecule has 0 radical (unpaired) electrons. The zero-order chi connectivity index (χ0) is 13.1. The Morgan fingerprint density at radius 3 is 2.78 bits per heavy atom. The fourth-order valence-electron chi connectivity index (χ4n) is 2.83. The summed E-state index contributed by atoms with van der Waals surface area (Å²) >= 11 is 0. The third kappa shape index (κ3) is 2.38. The molecule has 0 spiro atoms. The fourth-order valence-corrected chi connectivity index (χ4v) is 2.83. The Morgan fingerprint density at radius 1 is 1.39 bits per heavy atom. The zero-order valence-corrected chi connectivity index (χ0v) is 11.7. The van der Waals surface area contributed by atoms with E-state index in [4.69, 9.17) is 10.5 Å². The van der Waals surface area contributed by atoms with Gasteiger partial charge < -0.3 is 10.5 Å². The molecule has 1 heterocycles. The largest absolute Gasteiger partial charge is 0.494 e. The number of rotatable bonds is 4. The molecule has 18 heavy (non-hydrogen) atoms. The van der Waals surface area contributed by atoms with Crippen molar-refractivity contribution in [3.8, 4) is 5.75 Å². The van der Waals surface area contributed by atoms with Gasteiger partial charge >= 0.3 is 0 Å². The van der Waals surface area contributed by atoms with Crippen molar-refractivity contribution in [3.63, 3.8) is 0 Å². The highest BCUT2D eigenvalue weighted by atomic mass is 16.5. The quantitative estimate of drug-likeness (QED) is 0.889. The molecule has 0 aliphatic carbocycles. The van der Waals surface area contributed by atoms with Crippen LogP contribution >= 0.6 is 0 Å². The molecule has 1 aromatic rings. The van der Waals surface area contributed by atoms with Gasteiger partial charge in [-0.3, -0.25) is 4.90 Å². The summed E-state index contributed by atoms with van der Waals surface area (Å²) in [6.07, 6.45) is 1.12. The third-order valence-electron chi connectivity index (χ3n) is 3.91. The minimum atomic E-state index is 0.477. The summed E-state index contributed by atoms with van der Waals surface area (Å²) in [6, 6.07) is 4.92. The Kier molecular flexibility index (Phi) is 4.25. The van der Waals surface area contributed by atoms with Crippen molar-refractivity contribution in [1.29, 1.82) is 0 Å². The monoisotopic (exact) mass is 248 g/mol. The molecule has 0 amide bonds. The van der Waals surface area contributed by atoms with Crippen molar-refractivity contribution in [2.45, 2.75) is 39.8 Å². The number of fused-ring (bicyclic) bond motifs is 1. The first-order chi connectivity index (χ1) is 8.71. The van der Waals surface area contributed by atoms with Gasteiger partial charge in [-0.25, -0.2) is 0 Å². The molecule has 100 valence electrons. The average molecular weight is 248 g/mol. The van der Waals surface area contributed by atoms with E-state index in [1.165, 1.54) is 11.1 Å². The van der Waals surface area contributed by atoms with Gasteiger partial charge in [0.1, 0.15) is 5.75 Å². The Morgan fingerprint density at radius 2 is 2.17 bits per heavy atom. The van der Waals surface area contributed by atoms with E-state index < -0.39 is 0 Å². The molecule has 0 saturated heterocycles. The lowest BCUT2D eigenvalue weighted by Crippen LogP contribution is -2.33. The summed E-state index contributed by atoms with van der Waals surface area (Å²) in [5.41, 5.74) is 9.79. The van der Waals surface area contributed by atoms with Gasteiger partial charge in [0.05, 0.1) is 6.61 Å². The molecular formula is C15H24N2O. The number of ether oxygens (including phenoxy) is 1. The van der Waals surface area contributed by atoms with Crippen molar-refractivity contribution in [1.82, 2.24) is 4.90 Å². The van der Waals surface area contributed by atoms with Crippen molar-refractivity contribution in [2.75, 3.05) is 19.7 Å². The van der Waals surface area contributed by atoms with Crippen LogP contribution in [0.5, 0.6) is 5.75 Å². The smallest absolute Gasteiger partial charge is 0.124 e. The first kappa shape index (κ1) is 13.4. The molecule has 1 atom stereocenters. The van der Waals surface area contributed by atoms with Gasteiger partial charge in [-0.2, -0.15) is 0 Å². The van der Waals surface area contributed by atoms with E-state index in [9.17, 15) is 0 Å². The lowest BCUT2D eigenvalue weighted by molar-refractivity contribution is 0.208. The topological polar surface area (TPSA) is 38.5 Å². The van der Waals surface area contributed by atoms with Gasteiger partial charge in [0, 0.05) is 24.7 Å². The highest BCUT2D eigenvalue weighted by Gasteiger charge is 2.24. The second-order valence-electron chi connectivity index (χ2n) is 4.85. The summed E-state index contributed by atoms with van der Waals surface area (Å²) < 4.78 is 5.71. The highest BCUT2D eigenvalue weighted by Crippen LogP contribution is 2.34. The van der Waals surface area contributed by atoms with Gasteiger partial charge in [-0.05, 0) is 44.0 Å². The number of hydrogen-bond donors (Lipinski definition) is 1. The first-order valence-corrected chi connectivity index (χ1v) is 6.93. The molecule has 1 aromatic carbocycles. The van der Waals surface area contributed by atoms with E-state index in [0.29, 0.717) is 19.2 Å². The SMILES string of the molecule is CCOc1cc2c(cc1CN)CCN(CC)C2C. The summed E-state index contributed by atoms with van der Waals surface area (Å²) in [5.74, 6) is 0.962.